The van der Waals surface area contributed by atoms with Gasteiger partial charge in [-0.25, -0.2) is 0 Å². The highest BCUT2D eigenvalue weighted by Crippen LogP contribution is 2.11. The van der Waals surface area contributed by atoms with Gasteiger partial charge in [-0.15, -0.1) is 0 Å². The lowest BCUT2D eigenvalue weighted by atomic mass is 10.1. The van der Waals surface area contributed by atoms with Gasteiger partial charge in [0.15, 0.2) is 0 Å². The normalized spacial score (nSPS) is 13.0. The Morgan fingerprint density at radius 1 is 1.25 bits per heavy atom. The van der Waals surface area contributed by atoms with Crippen LogP contribution in [-0.4, -0.2) is 31.2 Å². The van der Waals surface area contributed by atoms with Gasteiger partial charge in [0.25, 0.3) is 0 Å². The molecule has 2 N–H and O–H groups in total. The summed E-state index contributed by atoms with van der Waals surface area (Å²) >= 11 is 0. The van der Waals surface area contributed by atoms with Crippen LogP contribution in [0, 0.1) is 0 Å². The molecule has 1 aromatic rings. The van der Waals surface area contributed by atoms with Crippen LogP contribution in [-0.2, 0) is 11.2 Å². The lowest BCUT2D eigenvalue weighted by Crippen LogP contribution is -2.41. The van der Waals surface area contributed by atoms with Crippen LogP contribution in [0.1, 0.15) is 18.9 Å². The first kappa shape index (κ1) is 16.5. The third-order valence-corrected chi connectivity index (χ3v) is 2.81. The minimum Gasteiger partial charge on any atom is -0.346 e. The lowest BCUT2D eigenvalue weighted by Gasteiger charge is -2.14. The van der Waals surface area contributed by atoms with E-state index in [-0.39, 0.29) is 12.6 Å². The molecule has 1 amide bonds. The second-order valence-electron chi connectivity index (χ2n) is 4.70. The molecule has 1 aromatic carbocycles. The van der Waals surface area contributed by atoms with E-state index in [0.717, 1.165) is 12.8 Å². The molecule has 3 nitrogen and oxygen atoms in total. The second kappa shape index (κ2) is 7.89. The predicted octanol–water partition coefficient (Wildman–Crippen LogP) is 2.28. The van der Waals surface area contributed by atoms with Crippen molar-refractivity contribution in [1.29, 1.82) is 0 Å². The molecule has 1 rings (SSSR count). The van der Waals surface area contributed by atoms with Crippen molar-refractivity contribution in [2.24, 2.45) is 0 Å². The Kier molecular flexibility index (Phi) is 6.51. The third-order valence-electron chi connectivity index (χ3n) is 2.81. The monoisotopic (exact) mass is 288 g/mol. The summed E-state index contributed by atoms with van der Waals surface area (Å²) in [7, 11) is 0. The number of carbonyl (C=O) groups is 1. The van der Waals surface area contributed by atoms with Crippen molar-refractivity contribution in [1.82, 2.24) is 10.6 Å². The van der Waals surface area contributed by atoms with E-state index in [9.17, 15) is 18.0 Å². The standard InChI is InChI=1S/C14H19F3N2O/c1-11(7-8-12-5-3-2-4-6-12)18-9-13(20)19-10-14(15,16)17/h2-6,11,18H,7-10H2,1H3,(H,19,20). The summed E-state index contributed by atoms with van der Waals surface area (Å²) in [5.41, 5.74) is 1.20. The van der Waals surface area contributed by atoms with Crippen molar-refractivity contribution >= 4 is 5.91 Å². The number of benzene rings is 1. The van der Waals surface area contributed by atoms with Crippen molar-refractivity contribution in [2.75, 3.05) is 13.1 Å². The molecular formula is C14H19F3N2O. The van der Waals surface area contributed by atoms with Crippen LogP contribution in [0.5, 0.6) is 0 Å². The minimum absolute atomic E-state index is 0.0619. The number of hydrogen-bond donors (Lipinski definition) is 2. The van der Waals surface area contributed by atoms with Crippen LogP contribution in [0.15, 0.2) is 30.3 Å². The summed E-state index contributed by atoms with van der Waals surface area (Å²) in [5, 5.41) is 4.73. The molecule has 0 fully saturated rings. The van der Waals surface area contributed by atoms with E-state index in [0.29, 0.717) is 0 Å². The molecule has 0 aliphatic carbocycles. The van der Waals surface area contributed by atoms with E-state index in [1.807, 2.05) is 42.6 Å². The van der Waals surface area contributed by atoms with Crippen LogP contribution in [0.4, 0.5) is 13.2 Å². The van der Waals surface area contributed by atoms with Gasteiger partial charge in [0.1, 0.15) is 6.54 Å². The number of carbonyl (C=O) groups excluding carboxylic acids is 1. The van der Waals surface area contributed by atoms with Gasteiger partial charge in [0.05, 0.1) is 6.54 Å². The van der Waals surface area contributed by atoms with E-state index >= 15 is 0 Å². The maximum atomic E-state index is 11.9. The Hall–Kier alpha value is -1.56. The fraction of sp³-hybridized carbons (Fsp3) is 0.500. The molecule has 1 unspecified atom stereocenters. The summed E-state index contributed by atoms with van der Waals surface area (Å²) in [6.45, 7) is 0.512. The Bertz CT molecular complexity index is 407. The van der Waals surface area contributed by atoms with Crippen LogP contribution in [0.25, 0.3) is 0 Å². The predicted molar refractivity (Wildman–Crippen MR) is 71.3 cm³/mol. The van der Waals surface area contributed by atoms with Crippen molar-refractivity contribution < 1.29 is 18.0 Å². The minimum atomic E-state index is -4.37. The zero-order chi connectivity index (χ0) is 15.0. The Labute approximate surface area is 116 Å². The fourth-order valence-corrected chi connectivity index (χ4v) is 1.66. The first-order chi connectivity index (χ1) is 9.37. The van der Waals surface area contributed by atoms with Gasteiger partial charge in [0, 0.05) is 6.04 Å². The summed E-state index contributed by atoms with van der Waals surface area (Å²) < 4.78 is 35.7. The highest BCUT2D eigenvalue weighted by molar-refractivity contribution is 5.78. The first-order valence-corrected chi connectivity index (χ1v) is 6.47. The van der Waals surface area contributed by atoms with Gasteiger partial charge >= 0.3 is 6.18 Å². The maximum absolute atomic E-state index is 11.9. The molecule has 20 heavy (non-hydrogen) atoms. The van der Waals surface area contributed by atoms with E-state index in [2.05, 4.69) is 5.32 Å². The van der Waals surface area contributed by atoms with E-state index in [1.165, 1.54) is 5.56 Å². The molecular weight excluding hydrogens is 269 g/mol. The Morgan fingerprint density at radius 2 is 1.90 bits per heavy atom. The quantitative estimate of drug-likeness (QED) is 0.808. The molecule has 0 spiro atoms. The van der Waals surface area contributed by atoms with Crippen LogP contribution in [0.3, 0.4) is 0 Å². The number of nitrogens with one attached hydrogen (secondary N) is 2. The zero-order valence-electron chi connectivity index (χ0n) is 11.3. The maximum Gasteiger partial charge on any atom is 0.405 e. The van der Waals surface area contributed by atoms with Crippen LogP contribution in [0.2, 0.25) is 0 Å². The topological polar surface area (TPSA) is 41.1 Å². The molecule has 0 saturated heterocycles. The zero-order valence-corrected chi connectivity index (χ0v) is 11.3. The molecule has 0 saturated carbocycles. The molecule has 0 aliphatic rings. The number of halogens is 3. The SMILES string of the molecule is CC(CCc1ccccc1)NCC(=O)NCC(F)(F)F. The summed E-state index contributed by atoms with van der Waals surface area (Å²) in [6.07, 6.45) is -2.69. The van der Waals surface area contributed by atoms with Gasteiger partial charge in [-0.1, -0.05) is 30.3 Å². The van der Waals surface area contributed by atoms with E-state index in [1.54, 1.807) is 0 Å². The molecule has 0 aromatic heterocycles. The average Bonchev–Trinajstić information content (AvgIpc) is 2.41. The highest BCUT2D eigenvalue weighted by atomic mass is 19.4. The third kappa shape index (κ3) is 7.78. The van der Waals surface area contributed by atoms with Crippen molar-refractivity contribution in [3.63, 3.8) is 0 Å². The number of hydrogen-bond acceptors (Lipinski definition) is 2. The highest BCUT2D eigenvalue weighted by Gasteiger charge is 2.27. The Balaban J connectivity index is 2.16. The number of rotatable bonds is 7. The number of alkyl halides is 3. The van der Waals surface area contributed by atoms with Gasteiger partial charge in [0.2, 0.25) is 5.91 Å². The average molecular weight is 288 g/mol. The lowest BCUT2D eigenvalue weighted by molar-refractivity contribution is -0.137. The van der Waals surface area contributed by atoms with E-state index in [4.69, 9.17) is 0 Å². The van der Waals surface area contributed by atoms with E-state index < -0.39 is 18.6 Å². The number of amides is 1. The van der Waals surface area contributed by atoms with Crippen molar-refractivity contribution in [3.8, 4) is 0 Å². The van der Waals surface area contributed by atoms with Gasteiger partial charge in [-0.3, -0.25) is 4.79 Å². The Morgan fingerprint density at radius 3 is 2.50 bits per heavy atom. The molecule has 0 heterocycles. The molecule has 0 radical (unpaired) electrons. The summed E-state index contributed by atoms with van der Waals surface area (Å²) in [6, 6.07) is 9.95. The first-order valence-electron chi connectivity index (χ1n) is 6.47. The fourth-order valence-electron chi connectivity index (χ4n) is 1.66. The van der Waals surface area contributed by atoms with Crippen molar-refractivity contribution in [3.05, 3.63) is 35.9 Å². The summed E-state index contributed by atoms with van der Waals surface area (Å²) in [5.74, 6) is -0.645. The van der Waals surface area contributed by atoms with Crippen LogP contribution < -0.4 is 10.6 Å². The molecule has 0 bridgehead atoms. The van der Waals surface area contributed by atoms with Gasteiger partial charge in [-0.05, 0) is 25.3 Å². The molecule has 0 aliphatic heterocycles. The molecule has 6 heteroatoms. The molecule has 1 atom stereocenters. The smallest absolute Gasteiger partial charge is 0.346 e. The van der Waals surface area contributed by atoms with Gasteiger partial charge < -0.3 is 10.6 Å². The van der Waals surface area contributed by atoms with Gasteiger partial charge in [-0.2, -0.15) is 13.2 Å². The van der Waals surface area contributed by atoms with Crippen LogP contribution >= 0.6 is 0 Å². The van der Waals surface area contributed by atoms with Crippen molar-refractivity contribution in [2.45, 2.75) is 32.0 Å². The second-order valence-corrected chi connectivity index (χ2v) is 4.70. The molecule has 112 valence electrons. The largest absolute Gasteiger partial charge is 0.405 e. The summed E-state index contributed by atoms with van der Waals surface area (Å²) in [4.78, 5) is 11.2. The number of aryl methyl sites for hydroxylation is 1.